The van der Waals surface area contributed by atoms with E-state index < -0.39 is 60.2 Å². The number of carbonyl (C=O) groups excluding carboxylic acids is 4. The van der Waals surface area contributed by atoms with Gasteiger partial charge >= 0.3 is 5.97 Å². The SMILES string of the molecule is CSCCC(NC(=O)C(N)CCCN=C(N)N)C(=O)NC(CCCCN)C(=O)NC(CC(N)=O)C(=O)O. The number of aliphatic imine (C=N–C) groups is 1. The van der Waals surface area contributed by atoms with Gasteiger partial charge in [0.25, 0.3) is 0 Å². The van der Waals surface area contributed by atoms with Crippen LogP contribution in [0.5, 0.6) is 0 Å². The first kappa shape index (κ1) is 33.9. The molecule has 0 aromatic carbocycles. The molecule has 0 bridgehead atoms. The lowest BCUT2D eigenvalue weighted by atomic mass is 10.1. The number of nitrogens with zero attached hydrogens (tertiary/aromatic N) is 1. The third-order valence-corrected chi connectivity index (χ3v) is 5.79. The Labute approximate surface area is 220 Å². The van der Waals surface area contributed by atoms with E-state index in [0.717, 1.165) is 0 Å². The molecular formula is C21H41N9O6S. The Morgan fingerprint density at radius 1 is 0.838 bits per heavy atom. The van der Waals surface area contributed by atoms with Gasteiger partial charge in [-0.1, -0.05) is 0 Å². The molecule has 0 heterocycles. The number of carbonyl (C=O) groups is 5. The predicted molar refractivity (Wildman–Crippen MR) is 141 cm³/mol. The van der Waals surface area contributed by atoms with Crippen molar-refractivity contribution in [1.82, 2.24) is 16.0 Å². The van der Waals surface area contributed by atoms with Gasteiger partial charge in [-0.15, -0.1) is 0 Å². The first-order valence-electron chi connectivity index (χ1n) is 11.8. The van der Waals surface area contributed by atoms with Crippen molar-refractivity contribution >= 4 is 47.3 Å². The summed E-state index contributed by atoms with van der Waals surface area (Å²) >= 11 is 1.46. The molecule has 4 atom stereocenters. The maximum Gasteiger partial charge on any atom is 0.326 e. The highest BCUT2D eigenvalue weighted by Crippen LogP contribution is 2.07. The molecule has 0 saturated carbocycles. The first-order chi connectivity index (χ1) is 17.4. The smallest absolute Gasteiger partial charge is 0.326 e. The van der Waals surface area contributed by atoms with Gasteiger partial charge in [0, 0.05) is 6.54 Å². The van der Waals surface area contributed by atoms with Gasteiger partial charge < -0.3 is 49.7 Å². The monoisotopic (exact) mass is 547 g/mol. The highest BCUT2D eigenvalue weighted by atomic mass is 32.2. The van der Waals surface area contributed by atoms with Crippen LogP contribution >= 0.6 is 11.8 Å². The van der Waals surface area contributed by atoms with Crippen LogP contribution in [0.4, 0.5) is 0 Å². The lowest BCUT2D eigenvalue weighted by Crippen LogP contribution is -2.57. The van der Waals surface area contributed by atoms with Crippen molar-refractivity contribution in [3.63, 3.8) is 0 Å². The number of amides is 4. The number of carboxylic acid groups (broad SMARTS) is 1. The first-order valence-corrected chi connectivity index (χ1v) is 13.2. The lowest BCUT2D eigenvalue weighted by molar-refractivity contribution is -0.143. The topological polar surface area (TPSA) is 284 Å². The second kappa shape index (κ2) is 19.1. The zero-order chi connectivity index (χ0) is 28.4. The molecule has 0 radical (unpaired) electrons. The minimum absolute atomic E-state index is 0.0684. The van der Waals surface area contributed by atoms with Gasteiger partial charge in [-0.3, -0.25) is 24.2 Å². The van der Waals surface area contributed by atoms with E-state index in [1.165, 1.54) is 11.8 Å². The molecular weight excluding hydrogens is 506 g/mol. The Bertz CT molecular complexity index is 794. The van der Waals surface area contributed by atoms with Gasteiger partial charge in [-0.05, 0) is 57.1 Å². The number of primary amides is 1. The molecule has 16 heteroatoms. The largest absolute Gasteiger partial charge is 0.480 e. The Balaban J connectivity index is 5.41. The van der Waals surface area contributed by atoms with E-state index in [-0.39, 0.29) is 25.2 Å². The predicted octanol–water partition coefficient (Wildman–Crippen LogP) is -3.34. The number of nitrogens with two attached hydrogens (primary N) is 5. The van der Waals surface area contributed by atoms with Gasteiger partial charge in [0.15, 0.2) is 5.96 Å². The molecule has 0 aliphatic carbocycles. The number of hydrogen-bond donors (Lipinski definition) is 9. The summed E-state index contributed by atoms with van der Waals surface area (Å²) in [7, 11) is 0. The van der Waals surface area contributed by atoms with Crippen molar-refractivity contribution in [2.24, 2.45) is 33.7 Å². The summed E-state index contributed by atoms with van der Waals surface area (Å²) in [5.41, 5.74) is 27.0. The van der Waals surface area contributed by atoms with Crippen molar-refractivity contribution in [3.8, 4) is 0 Å². The third-order valence-electron chi connectivity index (χ3n) is 5.15. The summed E-state index contributed by atoms with van der Waals surface area (Å²) in [4.78, 5) is 64.9. The Morgan fingerprint density at radius 2 is 1.41 bits per heavy atom. The number of thioether (sulfide) groups is 1. The molecule has 37 heavy (non-hydrogen) atoms. The standard InChI is InChI=1S/C21H41N9O6S/c1-37-10-7-14(28-17(32)12(23)5-4-9-27-21(25)26)19(34)29-13(6-2-3-8-22)18(33)30-15(20(35)36)11-16(24)31/h12-15H,2-11,22-23H2,1H3,(H2,24,31)(H,28,32)(H,29,34)(H,30,33)(H,35,36)(H4,25,26,27). The highest BCUT2D eigenvalue weighted by molar-refractivity contribution is 7.98. The second-order valence-corrected chi connectivity index (χ2v) is 9.30. The molecule has 0 saturated heterocycles. The van der Waals surface area contributed by atoms with Crippen LogP contribution < -0.4 is 44.6 Å². The van der Waals surface area contributed by atoms with Crippen molar-refractivity contribution in [2.75, 3.05) is 25.1 Å². The molecule has 15 nitrogen and oxygen atoms in total. The summed E-state index contributed by atoms with van der Waals surface area (Å²) in [6.07, 6.45) is 3.39. The van der Waals surface area contributed by atoms with Crippen LogP contribution in [-0.2, 0) is 24.0 Å². The van der Waals surface area contributed by atoms with Crippen LogP contribution in [0.3, 0.4) is 0 Å². The van der Waals surface area contributed by atoms with Crippen molar-refractivity contribution in [1.29, 1.82) is 0 Å². The van der Waals surface area contributed by atoms with Crippen LogP contribution in [0.2, 0.25) is 0 Å². The minimum atomic E-state index is -1.55. The minimum Gasteiger partial charge on any atom is -0.480 e. The Kier molecular flexibility index (Phi) is 17.5. The summed E-state index contributed by atoms with van der Waals surface area (Å²) in [5, 5.41) is 16.7. The summed E-state index contributed by atoms with van der Waals surface area (Å²) in [6.45, 7) is 0.654. The molecule has 0 fully saturated rings. The van der Waals surface area contributed by atoms with Crippen LogP contribution in [0.1, 0.15) is 44.9 Å². The molecule has 0 aromatic rings. The maximum absolute atomic E-state index is 13.1. The highest BCUT2D eigenvalue weighted by Gasteiger charge is 2.30. The maximum atomic E-state index is 13.1. The van der Waals surface area contributed by atoms with Crippen LogP contribution in [-0.4, -0.2) is 89.9 Å². The van der Waals surface area contributed by atoms with Gasteiger partial charge in [0.05, 0.1) is 12.5 Å². The van der Waals surface area contributed by atoms with Crippen molar-refractivity contribution in [3.05, 3.63) is 0 Å². The zero-order valence-corrected chi connectivity index (χ0v) is 21.9. The molecule has 0 aromatic heterocycles. The van der Waals surface area contributed by atoms with Crippen LogP contribution in [0, 0.1) is 0 Å². The van der Waals surface area contributed by atoms with E-state index in [9.17, 15) is 29.1 Å². The number of carboxylic acids is 1. The fourth-order valence-corrected chi connectivity index (χ4v) is 3.61. The molecule has 212 valence electrons. The van der Waals surface area contributed by atoms with E-state index in [4.69, 9.17) is 28.7 Å². The van der Waals surface area contributed by atoms with Crippen LogP contribution in [0.25, 0.3) is 0 Å². The van der Waals surface area contributed by atoms with E-state index >= 15 is 0 Å². The van der Waals surface area contributed by atoms with Gasteiger partial charge in [-0.2, -0.15) is 11.8 Å². The molecule has 0 rings (SSSR count). The summed E-state index contributed by atoms with van der Waals surface area (Å²) in [5.74, 6) is -3.88. The lowest BCUT2D eigenvalue weighted by Gasteiger charge is -2.25. The Morgan fingerprint density at radius 3 is 1.92 bits per heavy atom. The summed E-state index contributed by atoms with van der Waals surface area (Å²) < 4.78 is 0. The Hall–Kier alpha value is -3.11. The fourth-order valence-electron chi connectivity index (χ4n) is 3.14. The van der Waals surface area contributed by atoms with Gasteiger partial charge in [-0.25, -0.2) is 4.79 Å². The molecule has 0 aliphatic heterocycles. The normalized spacial score (nSPS) is 13.9. The molecule has 14 N–H and O–H groups in total. The van der Waals surface area contributed by atoms with Crippen LogP contribution in [0.15, 0.2) is 4.99 Å². The second-order valence-electron chi connectivity index (χ2n) is 8.31. The number of rotatable bonds is 20. The van der Waals surface area contributed by atoms with E-state index in [2.05, 4.69) is 20.9 Å². The average molecular weight is 548 g/mol. The van der Waals surface area contributed by atoms with E-state index in [0.29, 0.717) is 38.1 Å². The third kappa shape index (κ3) is 15.6. The average Bonchev–Trinajstić information content (AvgIpc) is 2.82. The van der Waals surface area contributed by atoms with E-state index in [1.54, 1.807) is 0 Å². The van der Waals surface area contributed by atoms with Crippen molar-refractivity contribution in [2.45, 2.75) is 69.1 Å². The quantitative estimate of drug-likeness (QED) is 0.0412. The van der Waals surface area contributed by atoms with Crippen molar-refractivity contribution < 1.29 is 29.1 Å². The number of aliphatic carboxylic acids is 1. The fraction of sp³-hybridized carbons (Fsp3) is 0.714. The van der Waals surface area contributed by atoms with Gasteiger partial charge in [0.2, 0.25) is 23.6 Å². The summed E-state index contributed by atoms with van der Waals surface area (Å²) in [6, 6.07) is -4.58. The molecule has 4 unspecified atom stereocenters. The molecule has 0 aliphatic rings. The molecule has 0 spiro atoms. The number of hydrogen-bond acceptors (Lipinski definition) is 9. The zero-order valence-electron chi connectivity index (χ0n) is 21.1. The molecule has 4 amide bonds. The van der Waals surface area contributed by atoms with E-state index in [1.807, 2.05) is 6.26 Å². The number of unbranched alkanes of at least 4 members (excludes halogenated alkanes) is 1. The number of guanidine groups is 1. The number of nitrogens with one attached hydrogen (secondary N) is 3. The van der Waals surface area contributed by atoms with Gasteiger partial charge in [0.1, 0.15) is 18.1 Å².